The molecule has 124 valence electrons. The smallest absolute Gasteiger partial charge is 0.191 e. The standard InChI is InChI=1S/C16H27FN4O/c1-13-5-6-14(11-15(13)17)12-20-16(18-2)19-7-8-21(3)9-10-22-4/h5-6,11H,7-10,12H2,1-4H3,(H2,18,19,20). The summed E-state index contributed by atoms with van der Waals surface area (Å²) in [7, 11) is 5.47. The Hall–Kier alpha value is -1.66. The number of ether oxygens (including phenoxy) is 1. The molecule has 0 unspecified atom stereocenters. The van der Waals surface area contributed by atoms with Crippen LogP contribution in [0.25, 0.3) is 0 Å². The second-order valence-corrected chi connectivity index (χ2v) is 5.23. The van der Waals surface area contributed by atoms with Crippen molar-refractivity contribution in [2.75, 3.05) is 47.4 Å². The summed E-state index contributed by atoms with van der Waals surface area (Å²) in [4.78, 5) is 6.34. The number of aliphatic imine (C=N–C) groups is 1. The highest BCUT2D eigenvalue weighted by Gasteiger charge is 2.02. The van der Waals surface area contributed by atoms with Crippen LogP contribution < -0.4 is 10.6 Å². The van der Waals surface area contributed by atoms with Crippen LogP contribution in [0.4, 0.5) is 4.39 Å². The van der Waals surface area contributed by atoms with Gasteiger partial charge < -0.3 is 20.3 Å². The van der Waals surface area contributed by atoms with E-state index in [1.165, 1.54) is 0 Å². The zero-order chi connectivity index (χ0) is 16.4. The van der Waals surface area contributed by atoms with Gasteiger partial charge in [0.2, 0.25) is 0 Å². The molecule has 5 nitrogen and oxygen atoms in total. The number of guanidine groups is 1. The molecule has 0 aliphatic rings. The summed E-state index contributed by atoms with van der Waals surface area (Å²) in [5.41, 5.74) is 1.55. The maximum absolute atomic E-state index is 13.5. The van der Waals surface area contributed by atoms with E-state index in [-0.39, 0.29) is 5.82 Å². The van der Waals surface area contributed by atoms with Gasteiger partial charge in [-0.3, -0.25) is 4.99 Å². The first-order valence-corrected chi connectivity index (χ1v) is 7.44. The van der Waals surface area contributed by atoms with Gasteiger partial charge in [0.1, 0.15) is 5.82 Å². The van der Waals surface area contributed by atoms with Crippen LogP contribution in [0.15, 0.2) is 23.2 Å². The minimum absolute atomic E-state index is 0.179. The van der Waals surface area contributed by atoms with E-state index in [9.17, 15) is 4.39 Å². The molecule has 0 aromatic heterocycles. The van der Waals surface area contributed by atoms with Crippen molar-refractivity contribution >= 4 is 5.96 Å². The second kappa shape index (κ2) is 10.1. The maximum Gasteiger partial charge on any atom is 0.191 e. The highest BCUT2D eigenvalue weighted by molar-refractivity contribution is 5.79. The van der Waals surface area contributed by atoms with Crippen molar-refractivity contribution < 1.29 is 9.13 Å². The summed E-state index contributed by atoms with van der Waals surface area (Å²) >= 11 is 0. The molecule has 0 aliphatic carbocycles. The Balaban J connectivity index is 2.32. The van der Waals surface area contributed by atoms with Gasteiger partial charge in [0.25, 0.3) is 0 Å². The molecule has 0 radical (unpaired) electrons. The topological polar surface area (TPSA) is 48.9 Å². The number of nitrogens with one attached hydrogen (secondary N) is 2. The number of halogens is 1. The quantitative estimate of drug-likeness (QED) is 0.562. The first-order chi connectivity index (χ1) is 10.6. The Labute approximate surface area is 132 Å². The van der Waals surface area contributed by atoms with Gasteiger partial charge in [-0.1, -0.05) is 12.1 Å². The molecule has 1 aromatic rings. The average molecular weight is 310 g/mol. The number of methoxy groups -OCH3 is 1. The predicted molar refractivity (Wildman–Crippen MR) is 88.7 cm³/mol. The molecule has 1 rings (SSSR count). The van der Waals surface area contributed by atoms with E-state index in [0.717, 1.165) is 31.8 Å². The van der Waals surface area contributed by atoms with E-state index in [2.05, 4.69) is 20.5 Å². The van der Waals surface area contributed by atoms with Gasteiger partial charge in [-0.25, -0.2) is 4.39 Å². The summed E-state index contributed by atoms with van der Waals surface area (Å²) < 4.78 is 18.5. The van der Waals surface area contributed by atoms with Crippen LogP contribution in [0.2, 0.25) is 0 Å². The lowest BCUT2D eigenvalue weighted by atomic mass is 10.1. The van der Waals surface area contributed by atoms with Crippen LogP contribution in [-0.4, -0.2) is 58.3 Å². The number of hydrogen-bond donors (Lipinski definition) is 2. The lowest BCUT2D eigenvalue weighted by Gasteiger charge is -2.18. The highest BCUT2D eigenvalue weighted by Crippen LogP contribution is 2.08. The van der Waals surface area contributed by atoms with Crippen molar-refractivity contribution in [1.29, 1.82) is 0 Å². The van der Waals surface area contributed by atoms with E-state index in [0.29, 0.717) is 18.1 Å². The molecule has 0 aliphatic heterocycles. The van der Waals surface area contributed by atoms with Crippen LogP contribution in [0.1, 0.15) is 11.1 Å². The number of aryl methyl sites for hydroxylation is 1. The van der Waals surface area contributed by atoms with Crippen LogP contribution in [0.3, 0.4) is 0 Å². The summed E-state index contributed by atoms with van der Waals surface area (Å²) in [5.74, 6) is 0.531. The Morgan fingerprint density at radius 1 is 1.32 bits per heavy atom. The first kappa shape index (κ1) is 18.4. The normalized spacial score (nSPS) is 11.8. The Morgan fingerprint density at radius 2 is 2.09 bits per heavy atom. The zero-order valence-corrected chi connectivity index (χ0v) is 13.9. The Bertz CT molecular complexity index is 479. The van der Waals surface area contributed by atoms with Crippen LogP contribution in [0, 0.1) is 12.7 Å². The fourth-order valence-corrected chi connectivity index (χ4v) is 1.88. The van der Waals surface area contributed by atoms with Crippen LogP contribution in [-0.2, 0) is 11.3 Å². The van der Waals surface area contributed by atoms with E-state index in [4.69, 9.17) is 4.74 Å². The molecule has 6 heteroatoms. The fourth-order valence-electron chi connectivity index (χ4n) is 1.88. The van der Waals surface area contributed by atoms with Gasteiger partial charge in [0, 0.05) is 40.3 Å². The minimum Gasteiger partial charge on any atom is -0.383 e. The van der Waals surface area contributed by atoms with Crippen molar-refractivity contribution in [3.8, 4) is 0 Å². The van der Waals surface area contributed by atoms with Crippen LogP contribution in [0.5, 0.6) is 0 Å². The minimum atomic E-state index is -0.179. The van der Waals surface area contributed by atoms with Crippen molar-refractivity contribution in [2.45, 2.75) is 13.5 Å². The van der Waals surface area contributed by atoms with Crippen molar-refractivity contribution in [1.82, 2.24) is 15.5 Å². The number of rotatable bonds is 8. The summed E-state index contributed by atoms with van der Waals surface area (Å²) in [6.45, 7) is 5.59. The molecule has 0 heterocycles. The molecule has 0 amide bonds. The van der Waals surface area contributed by atoms with Gasteiger partial charge >= 0.3 is 0 Å². The lowest BCUT2D eigenvalue weighted by Crippen LogP contribution is -2.41. The van der Waals surface area contributed by atoms with E-state index in [1.807, 2.05) is 13.1 Å². The highest BCUT2D eigenvalue weighted by atomic mass is 19.1. The number of hydrogen-bond acceptors (Lipinski definition) is 3. The SMILES string of the molecule is CN=C(NCCN(C)CCOC)NCc1ccc(C)c(F)c1. The second-order valence-electron chi connectivity index (χ2n) is 5.23. The molecule has 0 bridgehead atoms. The van der Waals surface area contributed by atoms with Gasteiger partial charge in [-0.15, -0.1) is 0 Å². The van der Waals surface area contributed by atoms with E-state index in [1.54, 1.807) is 33.2 Å². The molecular weight excluding hydrogens is 283 g/mol. The van der Waals surface area contributed by atoms with Crippen molar-refractivity contribution in [2.24, 2.45) is 4.99 Å². The third-order valence-electron chi connectivity index (χ3n) is 3.38. The summed E-state index contributed by atoms with van der Waals surface area (Å²) in [5, 5.41) is 6.41. The molecule has 0 spiro atoms. The van der Waals surface area contributed by atoms with Gasteiger partial charge in [0.15, 0.2) is 5.96 Å². The van der Waals surface area contributed by atoms with Crippen LogP contribution >= 0.6 is 0 Å². The molecule has 0 saturated carbocycles. The fraction of sp³-hybridized carbons (Fsp3) is 0.562. The Morgan fingerprint density at radius 3 is 2.73 bits per heavy atom. The number of likely N-dealkylation sites (N-methyl/N-ethyl adjacent to an activating group) is 1. The third kappa shape index (κ3) is 6.87. The molecule has 22 heavy (non-hydrogen) atoms. The maximum atomic E-state index is 13.5. The lowest BCUT2D eigenvalue weighted by molar-refractivity contribution is 0.162. The van der Waals surface area contributed by atoms with E-state index >= 15 is 0 Å². The molecule has 1 aromatic carbocycles. The third-order valence-corrected chi connectivity index (χ3v) is 3.38. The molecule has 2 N–H and O–H groups in total. The number of nitrogens with zero attached hydrogens (tertiary/aromatic N) is 2. The van der Waals surface area contributed by atoms with Crippen molar-refractivity contribution in [3.63, 3.8) is 0 Å². The largest absolute Gasteiger partial charge is 0.383 e. The van der Waals surface area contributed by atoms with Gasteiger partial charge in [0.05, 0.1) is 6.61 Å². The molecular formula is C16H27FN4O. The predicted octanol–water partition coefficient (Wildman–Crippen LogP) is 1.38. The summed E-state index contributed by atoms with van der Waals surface area (Å²) in [6, 6.07) is 5.25. The Kier molecular flexibility index (Phi) is 8.47. The molecule has 0 atom stereocenters. The van der Waals surface area contributed by atoms with Crippen molar-refractivity contribution in [3.05, 3.63) is 35.1 Å². The van der Waals surface area contributed by atoms with E-state index < -0.39 is 0 Å². The molecule has 0 fully saturated rings. The summed E-state index contributed by atoms with van der Waals surface area (Å²) in [6.07, 6.45) is 0. The van der Waals surface area contributed by atoms with Gasteiger partial charge in [-0.05, 0) is 31.2 Å². The average Bonchev–Trinajstić information content (AvgIpc) is 2.51. The number of benzene rings is 1. The first-order valence-electron chi connectivity index (χ1n) is 7.44. The molecule has 0 saturated heterocycles. The zero-order valence-electron chi connectivity index (χ0n) is 13.9. The van der Waals surface area contributed by atoms with Gasteiger partial charge in [-0.2, -0.15) is 0 Å². The monoisotopic (exact) mass is 310 g/mol.